The van der Waals surface area contributed by atoms with E-state index in [1.807, 2.05) is 65.0 Å². The molecule has 0 radical (unpaired) electrons. The Balaban J connectivity index is 2.15. The number of hydrogen-bond acceptors (Lipinski definition) is 4. The number of esters is 1. The number of hydrazine groups is 1. The number of nitrogens with zero attached hydrogens (tertiary/aromatic N) is 1. The van der Waals surface area contributed by atoms with Crippen LogP contribution in [0.25, 0.3) is 0 Å². The van der Waals surface area contributed by atoms with E-state index in [1.54, 1.807) is 0 Å². The Labute approximate surface area is 138 Å². The van der Waals surface area contributed by atoms with Crippen molar-refractivity contribution in [3.63, 3.8) is 0 Å². The highest BCUT2D eigenvalue weighted by Gasteiger charge is 2.42. The highest BCUT2D eigenvalue weighted by atomic mass is 16.6. The molecule has 0 bridgehead atoms. The number of hydrogen-bond donors (Lipinski definition) is 1. The molecule has 0 spiro atoms. The fourth-order valence-corrected chi connectivity index (χ4v) is 2.63. The molecule has 1 fully saturated rings. The van der Waals surface area contributed by atoms with Gasteiger partial charge in [0.1, 0.15) is 11.6 Å². The lowest BCUT2D eigenvalue weighted by Crippen LogP contribution is -2.62. The third-order valence-electron chi connectivity index (χ3n) is 4.11. The fraction of sp³-hybridized carbons (Fsp3) is 0.556. The molecular weight excluding hydrogens is 292 g/mol. The summed E-state index contributed by atoms with van der Waals surface area (Å²) in [6.07, 6.45) is 0. The van der Waals surface area contributed by atoms with Gasteiger partial charge in [-0.05, 0) is 32.3 Å². The van der Waals surface area contributed by atoms with Crippen molar-refractivity contribution in [2.24, 2.45) is 11.8 Å². The summed E-state index contributed by atoms with van der Waals surface area (Å²) in [6.45, 7) is 9.72. The van der Waals surface area contributed by atoms with Gasteiger partial charge in [0.15, 0.2) is 0 Å². The lowest BCUT2D eigenvalue weighted by atomic mass is 9.86. The topological polar surface area (TPSA) is 58.6 Å². The molecule has 0 aliphatic carbocycles. The van der Waals surface area contributed by atoms with Crippen molar-refractivity contribution in [1.82, 2.24) is 10.4 Å². The van der Waals surface area contributed by atoms with Crippen LogP contribution in [0.1, 0.15) is 40.2 Å². The van der Waals surface area contributed by atoms with Crippen LogP contribution in [0, 0.1) is 11.8 Å². The second kappa shape index (κ2) is 6.71. The molecule has 1 amide bonds. The second-order valence-electron chi connectivity index (χ2n) is 7.20. The minimum atomic E-state index is -0.548. The zero-order valence-electron chi connectivity index (χ0n) is 14.5. The third kappa shape index (κ3) is 4.32. The third-order valence-corrected chi connectivity index (χ3v) is 4.11. The molecule has 126 valence electrons. The van der Waals surface area contributed by atoms with Gasteiger partial charge in [-0.1, -0.05) is 44.2 Å². The van der Waals surface area contributed by atoms with Crippen LogP contribution in [0.3, 0.4) is 0 Å². The Morgan fingerprint density at radius 3 is 2.39 bits per heavy atom. The minimum Gasteiger partial charge on any atom is -0.459 e. The van der Waals surface area contributed by atoms with Gasteiger partial charge < -0.3 is 4.74 Å². The van der Waals surface area contributed by atoms with Crippen molar-refractivity contribution in [1.29, 1.82) is 0 Å². The lowest BCUT2D eigenvalue weighted by molar-refractivity contribution is -0.168. The van der Waals surface area contributed by atoms with Crippen molar-refractivity contribution in [3.05, 3.63) is 35.9 Å². The van der Waals surface area contributed by atoms with Crippen LogP contribution < -0.4 is 5.43 Å². The van der Waals surface area contributed by atoms with Crippen LogP contribution in [-0.4, -0.2) is 28.5 Å². The molecule has 0 aromatic heterocycles. The van der Waals surface area contributed by atoms with E-state index in [1.165, 1.54) is 5.01 Å². The molecule has 1 aliphatic rings. The number of rotatable bonds is 3. The first-order valence-corrected chi connectivity index (χ1v) is 8.03. The van der Waals surface area contributed by atoms with Crippen LogP contribution in [0.4, 0.5) is 0 Å². The molecule has 5 nitrogen and oxygen atoms in total. The molecule has 0 unspecified atom stereocenters. The normalized spacial score (nSPS) is 25.3. The summed E-state index contributed by atoms with van der Waals surface area (Å²) in [4.78, 5) is 25.0. The van der Waals surface area contributed by atoms with Crippen LogP contribution in [0.15, 0.2) is 30.3 Å². The van der Waals surface area contributed by atoms with Crippen molar-refractivity contribution in [2.45, 2.75) is 52.8 Å². The van der Waals surface area contributed by atoms with Crippen LogP contribution in [0.5, 0.6) is 0 Å². The molecule has 0 saturated carbocycles. The Hall–Kier alpha value is -1.88. The van der Waals surface area contributed by atoms with E-state index < -0.39 is 11.6 Å². The molecule has 1 heterocycles. The molecule has 1 saturated heterocycles. The SMILES string of the molecule is C[C@H]1[C@H](C)C(=O)N(Cc2ccccc2)N[C@H]1C(=O)OC(C)(C)C. The molecule has 3 atom stereocenters. The molecule has 2 rings (SSSR count). The van der Waals surface area contributed by atoms with Gasteiger partial charge in [0.05, 0.1) is 6.54 Å². The predicted octanol–water partition coefficient (Wildman–Crippen LogP) is 2.52. The van der Waals surface area contributed by atoms with Crippen molar-refractivity contribution < 1.29 is 14.3 Å². The smallest absolute Gasteiger partial charge is 0.325 e. The molecular formula is C18H26N2O3. The molecule has 23 heavy (non-hydrogen) atoms. The van der Waals surface area contributed by atoms with Crippen LogP contribution >= 0.6 is 0 Å². The summed E-state index contributed by atoms with van der Waals surface area (Å²) in [6, 6.07) is 9.19. The summed E-state index contributed by atoms with van der Waals surface area (Å²) in [5.41, 5.74) is 3.53. The number of ether oxygens (including phenoxy) is 1. The number of benzene rings is 1. The van der Waals surface area contributed by atoms with Crippen LogP contribution in [-0.2, 0) is 20.9 Å². The first-order valence-electron chi connectivity index (χ1n) is 8.03. The standard InChI is InChI=1S/C18H26N2O3/c1-12-13(2)16(21)20(11-14-9-7-6-8-10-14)19-15(12)17(22)23-18(3,4)5/h6-10,12-13,15,19H,11H2,1-5H3/t12-,13-,15+/m0/s1. The van der Waals surface area contributed by atoms with Crippen molar-refractivity contribution in [3.8, 4) is 0 Å². The molecule has 5 heteroatoms. The summed E-state index contributed by atoms with van der Waals surface area (Å²) in [5, 5.41) is 1.54. The highest BCUT2D eigenvalue weighted by Crippen LogP contribution is 2.26. The van der Waals surface area contributed by atoms with Gasteiger partial charge in [0.25, 0.3) is 0 Å². The molecule has 1 aliphatic heterocycles. The van der Waals surface area contributed by atoms with Crippen molar-refractivity contribution in [2.75, 3.05) is 0 Å². The maximum Gasteiger partial charge on any atom is 0.325 e. The van der Waals surface area contributed by atoms with E-state index in [0.29, 0.717) is 6.54 Å². The highest BCUT2D eigenvalue weighted by molar-refractivity contribution is 5.84. The average molecular weight is 318 g/mol. The van der Waals surface area contributed by atoms with Gasteiger partial charge in [-0.2, -0.15) is 0 Å². The van der Waals surface area contributed by atoms with E-state index in [-0.39, 0.29) is 23.7 Å². The number of amides is 1. The van der Waals surface area contributed by atoms with E-state index in [4.69, 9.17) is 4.74 Å². The van der Waals surface area contributed by atoms with Gasteiger partial charge >= 0.3 is 5.97 Å². The Kier molecular flexibility index (Phi) is 5.09. The summed E-state index contributed by atoms with van der Waals surface area (Å²) < 4.78 is 5.49. The van der Waals surface area contributed by atoms with Crippen LogP contribution in [0.2, 0.25) is 0 Å². The predicted molar refractivity (Wildman–Crippen MR) is 88.1 cm³/mol. The maximum absolute atomic E-state index is 12.5. The number of nitrogens with one attached hydrogen (secondary N) is 1. The van der Waals surface area contributed by atoms with Gasteiger partial charge in [-0.25, -0.2) is 5.43 Å². The largest absolute Gasteiger partial charge is 0.459 e. The Morgan fingerprint density at radius 2 is 1.83 bits per heavy atom. The first-order chi connectivity index (χ1) is 10.7. The summed E-state index contributed by atoms with van der Waals surface area (Å²) >= 11 is 0. The molecule has 1 aromatic carbocycles. The van der Waals surface area contributed by atoms with E-state index in [2.05, 4.69) is 5.43 Å². The van der Waals surface area contributed by atoms with E-state index in [0.717, 1.165) is 5.56 Å². The first kappa shape index (κ1) is 17.5. The van der Waals surface area contributed by atoms with Gasteiger partial charge in [-0.3, -0.25) is 14.6 Å². The Morgan fingerprint density at radius 1 is 1.22 bits per heavy atom. The average Bonchev–Trinajstić information content (AvgIpc) is 2.47. The Bertz CT molecular complexity index is 565. The quantitative estimate of drug-likeness (QED) is 0.870. The lowest BCUT2D eigenvalue weighted by Gasteiger charge is -2.41. The maximum atomic E-state index is 12.5. The number of carbonyl (C=O) groups is 2. The second-order valence-corrected chi connectivity index (χ2v) is 7.20. The monoisotopic (exact) mass is 318 g/mol. The van der Waals surface area contributed by atoms with E-state index in [9.17, 15) is 9.59 Å². The molecule has 1 N–H and O–H groups in total. The summed E-state index contributed by atoms with van der Waals surface area (Å²) in [5.74, 6) is -0.676. The van der Waals surface area contributed by atoms with Crippen molar-refractivity contribution >= 4 is 11.9 Å². The van der Waals surface area contributed by atoms with E-state index >= 15 is 0 Å². The van der Waals surface area contributed by atoms with Gasteiger partial charge in [-0.15, -0.1) is 0 Å². The zero-order valence-corrected chi connectivity index (χ0v) is 14.5. The summed E-state index contributed by atoms with van der Waals surface area (Å²) in [7, 11) is 0. The zero-order chi connectivity index (χ0) is 17.2. The fourth-order valence-electron chi connectivity index (χ4n) is 2.63. The molecule has 1 aromatic rings. The minimum absolute atomic E-state index is 0.00108. The number of carbonyl (C=O) groups excluding carboxylic acids is 2. The van der Waals surface area contributed by atoms with Gasteiger partial charge in [0.2, 0.25) is 5.91 Å². The van der Waals surface area contributed by atoms with Gasteiger partial charge in [0, 0.05) is 5.92 Å².